The highest BCUT2D eigenvalue weighted by molar-refractivity contribution is 7.89. The van der Waals surface area contributed by atoms with Crippen LogP contribution in [0.4, 0.5) is 14.5 Å². The molecule has 1 fully saturated rings. The summed E-state index contributed by atoms with van der Waals surface area (Å²) in [4.78, 5) is 20.0. The number of fused-ring (bicyclic) bond motifs is 1. The van der Waals surface area contributed by atoms with Gasteiger partial charge in [-0.2, -0.15) is 0 Å². The molecule has 0 spiro atoms. The van der Waals surface area contributed by atoms with Crippen molar-refractivity contribution in [1.82, 2.24) is 14.3 Å². The molecule has 42 heavy (non-hydrogen) atoms. The fraction of sp³-hybridized carbons (Fsp3) is 0.312. The SMILES string of the molecule is Cc1cccc(S(=O)(=O)N[C@H]2CCC(F)(F)c3ccc(N(Cc4nccn4C)C(=O)[C@@H]4C[C@@H]4c4ccccc4)cc32)c1. The van der Waals surface area contributed by atoms with E-state index in [1.807, 2.05) is 41.9 Å². The summed E-state index contributed by atoms with van der Waals surface area (Å²) in [5.41, 5.74) is 2.23. The standard InChI is InChI=1S/C32H32F2N4O3S/c1-21-7-6-10-24(17-21)42(40,41)36-29-13-14-32(33,34)28-12-11-23(18-27(28)29)38(20-30-35-15-16-37(30)2)31(39)26-19-25(26)22-8-4-3-5-9-22/h3-12,15-18,25-26,29,36H,13-14,19-20H2,1-2H3/t25-,26-,29+/m1/s1. The highest BCUT2D eigenvalue weighted by atomic mass is 32.2. The van der Waals surface area contributed by atoms with E-state index in [2.05, 4.69) is 9.71 Å². The van der Waals surface area contributed by atoms with E-state index in [4.69, 9.17) is 0 Å². The molecular formula is C32H32F2N4O3S. The quantitative estimate of drug-likeness (QED) is 0.274. The van der Waals surface area contributed by atoms with Gasteiger partial charge in [0.1, 0.15) is 5.82 Å². The van der Waals surface area contributed by atoms with Crippen molar-refractivity contribution < 1.29 is 22.0 Å². The van der Waals surface area contributed by atoms with Crippen molar-refractivity contribution in [3.8, 4) is 0 Å². The van der Waals surface area contributed by atoms with Crippen LogP contribution in [0.5, 0.6) is 0 Å². The lowest BCUT2D eigenvalue weighted by Gasteiger charge is -2.33. The molecule has 1 saturated carbocycles. The maximum atomic E-state index is 15.1. The van der Waals surface area contributed by atoms with Gasteiger partial charge in [0, 0.05) is 49.1 Å². The summed E-state index contributed by atoms with van der Waals surface area (Å²) in [7, 11) is -2.16. The van der Waals surface area contributed by atoms with Gasteiger partial charge in [-0.15, -0.1) is 0 Å². The highest BCUT2D eigenvalue weighted by Crippen LogP contribution is 2.50. The van der Waals surface area contributed by atoms with Gasteiger partial charge in [-0.3, -0.25) is 4.79 Å². The Hall–Kier alpha value is -3.89. The third kappa shape index (κ3) is 5.48. The van der Waals surface area contributed by atoms with Gasteiger partial charge in [0.15, 0.2) is 0 Å². The zero-order chi connectivity index (χ0) is 29.6. The monoisotopic (exact) mass is 590 g/mol. The highest BCUT2D eigenvalue weighted by Gasteiger charge is 2.47. The average Bonchev–Trinajstić information content (AvgIpc) is 3.68. The second kappa shape index (κ2) is 10.7. The fourth-order valence-electron chi connectivity index (χ4n) is 5.84. The lowest BCUT2D eigenvalue weighted by Crippen LogP contribution is -2.36. The van der Waals surface area contributed by atoms with Crippen LogP contribution < -0.4 is 9.62 Å². The maximum Gasteiger partial charge on any atom is 0.273 e. The predicted molar refractivity (Wildman–Crippen MR) is 155 cm³/mol. The molecule has 2 aliphatic rings. The molecular weight excluding hydrogens is 558 g/mol. The Labute approximate surface area is 244 Å². The van der Waals surface area contributed by atoms with Crippen LogP contribution in [0.3, 0.4) is 0 Å². The lowest BCUT2D eigenvalue weighted by molar-refractivity contribution is -0.120. The van der Waals surface area contributed by atoms with E-state index < -0.39 is 28.4 Å². The van der Waals surface area contributed by atoms with Crippen molar-refractivity contribution in [3.63, 3.8) is 0 Å². The molecule has 7 nitrogen and oxygen atoms in total. The van der Waals surface area contributed by atoms with Crippen molar-refractivity contribution in [2.75, 3.05) is 4.90 Å². The molecule has 1 heterocycles. The van der Waals surface area contributed by atoms with Crippen molar-refractivity contribution in [3.05, 3.63) is 113 Å². The molecule has 1 aromatic heterocycles. The van der Waals surface area contributed by atoms with Gasteiger partial charge >= 0.3 is 0 Å². The lowest BCUT2D eigenvalue weighted by atomic mass is 9.85. The summed E-state index contributed by atoms with van der Waals surface area (Å²) in [5, 5.41) is 0. The zero-order valence-electron chi connectivity index (χ0n) is 23.4. The minimum absolute atomic E-state index is 0.0739. The number of hydrogen-bond donors (Lipinski definition) is 1. The Morgan fingerprint density at radius 2 is 1.88 bits per heavy atom. The summed E-state index contributed by atoms with van der Waals surface area (Å²) in [6.45, 7) is 1.94. The van der Waals surface area contributed by atoms with Crippen LogP contribution in [0.2, 0.25) is 0 Å². The second-order valence-corrected chi connectivity index (χ2v) is 13.0. The first-order valence-electron chi connectivity index (χ1n) is 14.0. The topological polar surface area (TPSA) is 84.3 Å². The minimum atomic E-state index is -3.99. The van der Waals surface area contributed by atoms with Crippen molar-refractivity contribution in [2.45, 2.75) is 55.5 Å². The molecule has 1 amide bonds. The Kier molecular flexibility index (Phi) is 7.22. The minimum Gasteiger partial charge on any atom is -0.337 e. The molecule has 4 aromatic rings. The third-order valence-corrected chi connectivity index (χ3v) is 9.75. The van der Waals surface area contributed by atoms with Crippen molar-refractivity contribution in [1.29, 1.82) is 0 Å². The van der Waals surface area contributed by atoms with Crippen molar-refractivity contribution in [2.24, 2.45) is 13.0 Å². The van der Waals surface area contributed by atoms with E-state index in [1.165, 1.54) is 18.2 Å². The third-order valence-electron chi connectivity index (χ3n) is 8.28. The number of sulfonamides is 1. The van der Waals surface area contributed by atoms with Gasteiger partial charge in [0.05, 0.1) is 11.4 Å². The van der Waals surface area contributed by atoms with Crippen LogP contribution in [0.25, 0.3) is 0 Å². The first-order chi connectivity index (χ1) is 20.0. The number of halogens is 2. The van der Waals surface area contributed by atoms with E-state index >= 15 is 8.78 Å². The molecule has 6 rings (SSSR count). The van der Waals surface area contributed by atoms with Crippen LogP contribution in [-0.2, 0) is 34.3 Å². The fourth-order valence-corrected chi connectivity index (χ4v) is 7.19. The number of nitrogens with zero attached hydrogens (tertiary/aromatic N) is 3. The Morgan fingerprint density at radius 1 is 1.10 bits per heavy atom. The molecule has 2 aliphatic carbocycles. The number of imidazole rings is 1. The normalized spacial score (nSPS) is 21.0. The zero-order valence-corrected chi connectivity index (χ0v) is 24.2. The summed E-state index contributed by atoms with van der Waals surface area (Å²) >= 11 is 0. The summed E-state index contributed by atoms with van der Waals surface area (Å²) in [5.74, 6) is -2.77. The largest absolute Gasteiger partial charge is 0.337 e. The number of anilines is 1. The molecule has 0 unspecified atom stereocenters. The summed E-state index contributed by atoms with van der Waals surface area (Å²) in [6, 6.07) is 19.8. The molecule has 0 bridgehead atoms. The first kappa shape index (κ1) is 28.2. The number of alkyl halides is 2. The van der Waals surface area contributed by atoms with E-state index in [0.29, 0.717) is 17.9 Å². The molecule has 0 saturated heterocycles. The number of aryl methyl sites for hydroxylation is 2. The first-order valence-corrected chi connectivity index (χ1v) is 15.5. The summed E-state index contributed by atoms with van der Waals surface area (Å²) < 4.78 is 61.3. The number of nitrogens with one attached hydrogen (secondary N) is 1. The number of aromatic nitrogens is 2. The van der Waals surface area contributed by atoms with Crippen LogP contribution in [0.15, 0.2) is 90.1 Å². The summed E-state index contributed by atoms with van der Waals surface area (Å²) in [6.07, 6.45) is 3.55. The molecule has 218 valence electrons. The van der Waals surface area contributed by atoms with Gasteiger partial charge in [-0.05, 0) is 66.6 Å². The number of amides is 1. The Morgan fingerprint density at radius 3 is 2.60 bits per heavy atom. The van der Waals surface area contributed by atoms with Crippen LogP contribution in [0, 0.1) is 12.8 Å². The molecule has 10 heteroatoms. The smallest absolute Gasteiger partial charge is 0.273 e. The number of carbonyl (C=O) groups excluding carboxylic acids is 1. The van der Waals surface area contributed by atoms with E-state index in [9.17, 15) is 13.2 Å². The predicted octanol–water partition coefficient (Wildman–Crippen LogP) is 5.97. The van der Waals surface area contributed by atoms with Crippen LogP contribution >= 0.6 is 0 Å². The van der Waals surface area contributed by atoms with Gasteiger partial charge in [-0.25, -0.2) is 26.9 Å². The average molecular weight is 591 g/mol. The number of rotatable bonds is 8. The van der Waals surface area contributed by atoms with Gasteiger partial charge < -0.3 is 9.47 Å². The molecule has 3 atom stereocenters. The van der Waals surface area contributed by atoms with Crippen LogP contribution in [-0.4, -0.2) is 23.9 Å². The molecule has 1 N–H and O–H groups in total. The number of benzene rings is 3. The van der Waals surface area contributed by atoms with Crippen molar-refractivity contribution >= 4 is 21.6 Å². The van der Waals surface area contributed by atoms with E-state index in [0.717, 1.165) is 11.1 Å². The molecule has 3 aromatic carbocycles. The second-order valence-electron chi connectivity index (χ2n) is 11.2. The van der Waals surface area contributed by atoms with Gasteiger partial charge in [0.2, 0.25) is 15.9 Å². The van der Waals surface area contributed by atoms with Crippen LogP contribution in [0.1, 0.15) is 59.3 Å². The number of hydrogen-bond acceptors (Lipinski definition) is 4. The Bertz CT molecular complexity index is 1740. The molecule has 0 aliphatic heterocycles. The molecule has 0 radical (unpaired) electrons. The maximum absolute atomic E-state index is 15.1. The Balaban J connectivity index is 1.36. The number of carbonyl (C=O) groups is 1. The van der Waals surface area contributed by atoms with Gasteiger partial charge in [-0.1, -0.05) is 48.5 Å². The van der Waals surface area contributed by atoms with E-state index in [1.54, 1.807) is 48.5 Å². The van der Waals surface area contributed by atoms with Gasteiger partial charge in [0.25, 0.3) is 5.92 Å². The van der Waals surface area contributed by atoms with E-state index in [-0.39, 0.29) is 46.7 Å².